The lowest BCUT2D eigenvalue weighted by Crippen LogP contribution is -2.23. The molecule has 5 aromatic carbocycles. The highest BCUT2D eigenvalue weighted by molar-refractivity contribution is 6.01. The fourth-order valence-corrected chi connectivity index (χ4v) is 5.54. The average Bonchev–Trinajstić information content (AvgIpc) is 3.04. The Morgan fingerprint density at radius 3 is 1.57 bits per heavy atom. The van der Waals surface area contributed by atoms with Crippen molar-refractivity contribution >= 4 is 34.1 Å². The zero-order chi connectivity index (χ0) is 26.9. The number of para-hydroxylation sites is 5. The first-order valence-corrected chi connectivity index (χ1v) is 13.2. The summed E-state index contributed by atoms with van der Waals surface area (Å²) in [6.07, 6.45) is 1.70. The third kappa shape index (κ3) is 3.98. The van der Waals surface area contributed by atoms with E-state index in [9.17, 15) is 5.26 Å². The molecule has 4 heteroatoms. The van der Waals surface area contributed by atoms with Gasteiger partial charge in [0.05, 0.1) is 22.7 Å². The van der Waals surface area contributed by atoms with Crippen molar-refractivity contribution in [3.05, 3.63) is 151 Å². The standard InChI is InChI=1S/C36H24N4/c37-25-28-23-27(21-22-38-28)32-16-5-4-15-31(32)26-11-10-14-30(24-26)40-35-19-8-6-17-33(35)39(29-12-2-1-3-13-29)34-18-7-9-20-36(34)40/h1-24H. The number of hydrogen-bond donors (Lipinski definition) is 0. The molecule has 0 atom stereocenters. The number of nitrogens with zero attached hydrogens (tertiary/aromatic N) is 4. The molecule has 0 bridgehead atoms. The number of anilines is 6. The number of fused-ring (bicyclic) bond motifs is 2. The fraction of sp³-hybridized carbons (Fsp3) is 0. The molecule has 188 valence electrons. The highest BCUT2D eigenvalue weighted by atomic mass is 15.3. The second-order valence-electron chi connectivity index (χ2n) is 9.62. The zero-order valence-electron chi connectivity index (χ0n) is 21.6. The topological polar surface area (TPSA) is 43.2 Å². The predicted molar refractivity (Wildman–Crippen MR) is 163 cm³/mol. The Morgan fingerprint density at radius 1 is 0.475 bits per heavy atom. The van der Waals surface area contributed by atoms with Gasteiger partial charge in [0.15, 0.2) is 0 Å². The molecule has 6 aromatic rings. The highest BCUT2D eigenvalue weighted by Crippen LogP contribution is 2.54. The van der Waals surface area contributed by atoms with E-state index >= 15 is 0 Å². The maximum Gasteiger partial charge on any atom is 0.141 e. The molecule has 7 rings (SSSR count). The minimum atomic E-state index is 0.408. The number of hydrogen-bond acceptors (Lipinski definition) is 4. The van der Waals surface area contributed by atoms with Gasteiger partial charge in [0, 0.05) is 17.6 Å². The maximum absolute atomic E-state index is 9.41. The summed E-state index contributed by atoms with van der Waals surface area (Å²) in [5, 5.41) is 9.41. The summed E-state index contributed by atoms with van der Waals surface area (Å²) < 4.78 is 0. The van der Waals surface area contributed by atoms with Gasteiger partial charge in [0.25, 0.3) is 0 Å². The van der Waals surface area contributed by atoms with Crippen LogP contribution in [0.1, 0.15) is 5.69 Å². The average molecular weight is 513 g/mol. The van der Waals surface area contributed by atoms with E-state index in [1.54, 1.807) is 6.20 Å². The molecule has 0 saturated carbocycles. The van der Waals surface area contributed by atoms with E-state index < -0.39 is 0 Å². The molecule has 0 fully saturated rings. The lowest BCUT2D eigenvalue weighted by Gasteiger charge is -2.40. The lowest BCUT2D eigenvalue weighted by molar-refractivity contribution is 1.17. The van der Waals surface area contributed by atoms with Gasteiger partial charge in [-0.25, -0.2) is 4.98 Å². The van der Waals surface area contributed by atoms with Gasteiger partial charge in [0.1, 0.15) is 11.8 Å². The zero-order valence-corrected chi connectivity index (χ0v) is 21.6. The van der Waals surface area contributed by atoms with Crippen LogP contribution in [0.25, 0.3) is 22.3 Å². The summed E-state index contributed by atoms with van der Waals surface area (Å²) in [4.78, 5) is 8.83. The van der Waals surface area contributed by atoms with E-state index in [2.05, 4.69) is 136 Å². The molecule has 2 heterocycles. The molecule has 0 saturated heterocycles. The van der Waals surface area contributed by atoms with Crippen molar-refractivity contribution in [1.29, 1.82) is 5.26 Å². The van der Waals surface area contributed by atoms with Crippen molar-refractivity contribution < 1.29 is 0 Å². The summed E-state index contributed by atoms with van der Waals surface area (Å²) in [6, 6.07) is 50.6. The second kappa shape index (κ2) is 9.90. The molecule has 40 heavy (non-hydrogen) atoms. The molecular weight excluding hydrogens is 488 g/mol. The quantitative estimate of drug-likeness (QED) is 0.235. The summed E-state index contributed by atoms with van der Waals surface area (Å²) in [6.45, 7) is 0. The van der Waals surface area contributed by atoms with E-state index in [0.29, 0.717) is 5.69 Å². The van der Waals surface area contributed by atoms with Crippen LogP contribution >= 0.6 is 0 Å². The second-order valence-corrected chi connectivity index (χ2v) is 9.62. The molecule has 1 aliphatic heterocycles. The van der Waals surface area contributed by atoms with Crippen LogP contribution in [0.4, 0.5) is 34.1 Å². The Hall–Kier alpha value is -5.66. The number of nitriles is 1. The van der Waals surface area contributed by atoms with Crippen LogP contribution in [0.2, 0.25) is 0 Å². The normalized spacial score (nSPS) is 11.9. The van der Waals surface area contributed by atoms with Crippen LogP contribution in [0.3, 0.4) is 0 Å². The monoisotopic (exact) mass is 512 g/mol. The number of pyridine rings is 1. The van der Waals surface area contributed by atoms with Gasteiger partial charge in [-0.05, 0) is 82.9 Å². The summed E-state index contributed by atoms with van der Waals surface area (Å²) in [5.74, 6) is 0. The SMILES string of the molecule is N#Cc1cc(-c2ccccc2-c2cccc(N3c4ccccc4N(c4ccccc4)c4ccccc43)c2)ccn1. The minimum Gasteiger partial charge on any atom is -0.306 e. The Labute approximate surface area is 233 Å². The van der Waals surface area contributed by atoms with Crippen molar-refractivity contribution in [3.8, 4) is 28.3 Å². The molecule has 0 radical (unpaired) electrons. The van der Waals surface area contributed by atoms with Gasteiger partial charge >= 0.3 is 0 Å². The van der Waals surface area contributed by atoms with Gasteiger partial charge in [-0.2, -0.15) is 5.26 Å². The summed E-state index contributed by atoms with van der Waals surface area (Å²) in [5.41, 5.74) is 11.3. The third-order valence-corrected chi connectivity index (χ3v) is 7.27. The fourth-order valence-electron chi connectivity index (χ4n) is 5.54. The molecule has 4 nitrogen and oxygen atoms in total. The Morgan fingerprint density at radius 2 is 0.975 bits per heavy atom. The van der Waals surface area contributed by atoms with Gasteiger partial charge in [-0.15, -0.1) is 0 Å². The van der Waals surface area contributed by atoms with Crippen LogP contribution < -0.4 is 9.80 Å². The number of rotatable bonds is 4. The Kier molecular flexibility index (Phi) is 5.81. The molecule has 1 aliphatic rings. The molecule has 0 N–H and O–H groups in total. The largest absolute Gasteiger partial charge is 0.306 e. The van der Waals surface area contributed by atoms with Crippen LogP contribution in [0.15, 0.2) is 146 Å². The summed E-state index contributed by atoms with van der Waals surface area (Å²) >= 11 is 0. The lowest BCUT2D eigenvalue weighted by atomic mass is 9.94. The first kappa shape index (κ1) is 23.5. The molecule has 0 spiro atoms. The van der Waals surface area contributed by atoms with Crippen LogP contribution in [-0.4, -0.2) is 4.98 Å². The number of benzene rings is 5. The van der Waals surface area contributed by atoms with E-state index in [1.165, 1.54) is 0 Å². The van der Waals surface area contributed by atoms with E-state index in [4.69, 9.17) is 0 Å². The van der Waals surface area contributed by atoms with E-state index in [0.717, 1.165) is 56.4 Å². The molecule has 0 unspecified atom stereocenters. The first-order chi connectivity index (χ1) is 19.8. The van der Waals surface area contributed by atoms with Crippen LogP contribution in [-0.2, 0) is 0 Å². The van der Waals surface area contributed by atoms with Crippen molar-refractivity contribution in [2.45, 2.75) is 0 Å². The Balaban J connectivity index is 1.39. The first-order valence-electron chi connectivity index (χ1n) is 13.2. The number of aromatic nitrogens is 1. The van der Waals surface area contributed by atoms with Crippen molar-refractivity contribution in [3.63, 3.8) is 0 Å². The van der Waals surface area contributed by atoms with Gasteiger partial charge in [-0.1, -0.05) is 78.9 Å². The van der Waals surface area contributed by atoms with Crippen LogP contribution in [0, 0.1) is 11.3 Å². The summed E-state index contributed by atoms with van der Waals surface area (Å²) in [7, 11) is 0. The van der Waals surface area contributed by atoms with E-state index in [1.807, 2.05) is 24.3 Å². The molecule has 0 aliphatic carbocycles. The Bertz CT molecular complexity index is 1840. The van der Waals surface area contributed by atoms with E-state index in [-0.39, 0.29) is 0 Å². The van der Waals surface area contributed by atoms with Gasteiger partial charge in [0.2, 0.25) is 0 Å². The maximum atomic E-state index is 9.41. The third-order valence-electron chi connectivity index (χ3n) is 7.27. The molecule has 1 aromatic heterocycles. The van der Waals surface area contributed by atoms with Crippen molar-refractivity contribution in [1.82, 2.24) is 4.98 Å². The van der Waals surface area contributed by atoms with Crippen LogP contribution in [0.5, 0.6) is 0 Å². The molecule has 0 amide bonds. The predicted octanol–water partition coefficient (Wildman–Crippen LogP) is 9.54. The smallest absolute Gasteiger partial charge is 0.141 e. The highest BCUT2D eigenvalue weighted by Gasteiger charge is 2.30. The minimum absolute atomic E-state index is 0.408. The van der Waals surface area contributed by atoms with Crippen molar-refractivity contribution in [2.24, 2.45) is 0 Å². The van der Waals surface area contributed by atoms with Gasteiger partial charge < -0.3 is 9.80 Å². The molecular formula is C36H24N4. The van der Waals surface area contributed by atoms with Gasteiger partial charge in [-0.3, -0.25) is 0 Å². The van der Waals surface area contributed by atoms with Crippen molar-refractivity contribution in [2.75, 3.05) is 9.80 Å².